The van der Waals surface area contributed by atoms with Gasteiger partial charge in [-0.05, 0) is 6.92 Å². The van der Waals surface area contributed by atoms with E-state index >= 15 is 0 Å². The van der Waals surface area contributed by atoms with Gasteiger partial charge in [-0.15, -0.1) is 11.6 Å². The van der Waals surface area contributed by atoms with Crippen LogP contribution in [0, 0.1) is 0 Å². The minimum atomic E-state index is -0.988. The molecule has 9 heavy (non-hydrogen) atoms. The predicted octanol–water partition coefficient (Wildman–Crippen LogP) is 3.05. The Morgan fingerprint density at radius 2 is 1.89 bits per heavy atom. The Morgan fingerprint density at radius 1 is 1.44 bits per heavy atom. The first-order valence-electron chi connectivity index (χ1n) is 3.20. The van der Waals surface area contributed by atoms with Crippen LogP contribution in [0.1, 0.15) is 6.92 Å². The molecule has 0 spiro atoms. The molecule has 0 saturated heterocycles. The van der Waals surface area contributed by atoms with Crippen molar-refractivity contribution in [3.8, 4) is 0 Å². The third-order valence-corrected chi connectivity index (χ3v) is 2.67. The molecule has 2 heteroatoms. The topological polar surface area (TPSA) is 0 Å². The lowest BCUT2D eigenvalue weighted by atomic mass is 10.4. The average Bonchev–Trinajstić information content (AvgIpc) is 1.62. The fourth-order valence-electron chi connectivity index (χ4n) is 0.778. The van der Waals surface area contributed by atoms with E-state index in [9.17, 15) is 0 Å². The molecule has 54 valence electrons. The van der Waals surface area contributed by atoms with Gasteiger partial charge in [0.25, 0.3) is 0 Å². The van der Waals surface area contributed by atoms with Gasteiger partial charge in [-0.25, -0.2) is 0 Å². The number of rotatable bonds is 2. The third kappa shape index (κ3) is 6.13. The number of hydrogen-bond acceptors (Lipinski definition) is 0. The minimum absolute atomic E-state index is 0.685. The standard InChI is InChI=1S/C7H15ClSi/c1-7(5-8)6-9(2,3)4/h6H,5H2,1-4H3/b7-6+. The molecule has 0 radical (unpaired) electrons. The molecule has 0 aliphatic heterocycles. The minimum Gasteiger partial charge on any atom is -0.122 e. The second kappa shape index (κ2) is 3.42. The van der Waals surface area contributed by atoms with Crippen molar-refractivity contribution in [3.63, 3.8) is 0 Å². The van der Waals surface area contributed by atoms with E-state index in [2.05, 4.69) is 32.3 Å². The largest absolute Gasteiger partial charge is 0.122 e. The van der Waals surface area contributed by atoms with E-state index in [1.54, 1.807) is 0 Å². The summed E-state index contributed by atoms with van der Waals surface area (Å²) < 4.78 is 0. The smallest absolute Gasteiger partial charge is 0.0686 e. The molecule has 0 heterocycles. The number of hydrogen-bond donors (Lipinski definition) is 0. The summed E-state index contributed by atoms with van der Waals surface area (Å²) in [6, 6.07) is 0. The van der Waals surface area contributed by atoms with E-state index in [1.807, 2.05) is 0 Å². The highest BCUT2D eigenvalue weighted by atomic mass is 35.5. The molecule has 0 amide bonds. The molecule has 0 aromatic carbocycles. The van der Waals surface area contributed by atoms with Crippen molar-refractivity contribution >= 4 is 19.7 Å². The fraction of sp³-hybridized carbons (Fsp3) is 0.714. The Labute approximate surface area is 63.9 Å². The highest BCUT2D eigenvalue weighted by Gasteiger charge is 2.07. The number of alkyl halides is 1. The summed E-state index contributed by atoms with van der Waals surface area (Å²) in [7, 11) is -0.988. The molecule has 0 aliphatic carbocycles. The fourth-order valence-corrected chi connectivity index (χ4v) is 2.56. The van der Waals surface area contributed by atoms with Gasteiger partial charge in [-0.3, -0.25) is 0 Å². The molecule has 0 aromatic rings. The van der Waals surface area contributed by atoms with Crippen LogP contribution in [0.25, 0.3) is 0 Å². The summed E-state index contributed by atoms with van der Waals surface area (Å²) in [6.45, 7) is 9.01. The maximum absolute atomic E-state index is 5.61. The summed E-state index contributed by atoms with van der Waals surface area (Å²) in [5.41, 5.74) is 3.65. The SMILES string of the molecule is C/C(=C\[Si](C)(C)C)CCl. The lowest BCUT2D eigenvalue weighted by Crippen LogP contribution is -2.16. The quantitative estimate of drug-likeness (QED) is 0.433. The Bertz CT molecular complexity index is 111. The molecule has 0 aliphatic rings. The summed E-state index contributed by atoms with van der Waals surface area (Å²) in [6.07, 6.45) is 0. The van der Waals surface area contributed by atoms with Gasteiger partial charge in [0, 0.05) is 5.88 Å². The van der Waals surface area contributed by atoms with E-state index in [0.29, 0.717) is 5.88 Å². The summed E-state index contributed by atoms with van der Waals surface area (Å²) in [5, 5.41) is 0. The Morgan fingerprint density at radius 3 is 2.00 bits per heavy atom. The van der Waals surface area contributed by atoms with Crippen molar-refractivity contribution in [2.45, 2.75) is 26.6 Å². The van der Waals surface area contributed by atoms with Gasteiger partial charge in [0.2, 0.25) is 0 Å². The van der Waals surface area contributed by atoms with Gasteiger partial charge >= 0.3 is 0 Å². The molecule has 0 rings (SSSR count). The molecule has 0 saturated carbocycles. The second-order valence-corrected chi connectivity index (χ2v) is 8.78. The van der Waals surface area contributed by atoms with Gasteiger partial charge in [-0.2, -0.15) is 0 Å². The highest BCUT2D eigenvalue weighted by Crippen LogP contribution is 2.07. The van der Waals surface area contributed by atoms with Crippen LogP contribution in [-0.4, -0.2) is 14.0 Å². The van der Waals surface area contributed by atoms with E-state index in [0.717, 1.165) is 0 Å². The second-order valence-electron chi connectivity index (χ2n) is 3.49. The third-order valence-electron chi connectivity index (χ3n) is 0.890. The van der Waals surface area contributed by atoms with Gasteiger partial charge in [0.15, 0.2) is 0 Å². The molecule has 0 N–H and O–H groups in total. The van der Waals surface area contributed by atoms with Gasteiger partial charge in [0.05, 0.1) is 8.07 Å². The summed E-state index contributed by atoms with van der Waals surface area (Å²) in [5.74, 6) is 0.685. The summed E-state index contributed by atoms with van der Waals surface area (Å²) >= 11 is 5.61. The molecule has 0 unspecified atom stereocenters. The number of halogens is 1. The van der Waals surface area contributed by atoms with Gasteiger partial charge in [0.1, 0.15) is 0 Å². The lowest BCUT2D eigenvalue weighted by Gasteiger charge is -2.09. The van der Waals surface area contributed by atoms with Crippen molar-refractivity contribution in [2.24, 2.45) is 0 Å². The zero-order chi connectivity index (χ0) is 7.49. The van der Waals surface area contributed by atoms with E-state index < -0.39 is 8.07 Å². The number of allylic oxidation sites excluding steroid dienone is 1. The Kier molecular flexibility index (Phi) is 3.52. The zero-order valence-electron chi connectivity index (χ0n) is 6.66. The van der Waals surface area contributed by atoms with Crippen molar-refractivity contribution in [1.82, 2.24) is 0 Å². The molecule has 0 fully saturated rings. The first-order valence-corrected chi connectivity index (χ1v) is 7.31. The van der Waals surface area contributed by atoms with Crippen molar-refractivity contribution in [2.75, 3.05) is 5.88 Å². The lowest BCUT2D eigenvalue weighted by molar-refractivity contribution is 1.41. The maximum Gasteiger partial charge on any atom is 0.0686 e. The van der Waals surface area contributed by atoms with Crippen LogP contribution in [0.5, 0.6) is 0 Å². The first kappa shape index (κ1) is 9.25. The Balaban J connectivity index is 3.95. The zero-order valence-corrected chi connectivity index (χ0v) is 8.42. The molecular formula is C7H15ClSi. The predicted molar refractivity (Wildman–Crippen MR) is 47.8 cm³/mol. The van der Waals surface area contributed by atoms with Crippen LogP contribution in [0.3, 0.4) is 0 Å². The van der Waals surface area contributed by atoms with Crippen LogP contribution in [0.15, 0.2) is 11.3 Å². The normalized spacial score (nSPS) is 14.1. The van der Waals surface area contributed by atoms with Crippen LogP contribution >= 0.6 is 11.6 Å². The molecule has 0 nitrogen and oxygen atoms in total. The highest BCUT2D eigenvalue weighted by molar-refractivity contribution is 6.81. The van der Waals surface area contributed by atoms with Crippen molar-refractivity contribution in [3.05, 3.63) is 11.3 Å². The van der Waals surface area contributed by atoms with Crippen molar-refractivity contribution < 1.29 is 0 Å². The van der Waals surface area contributed by atoms with Crippen molar-refractivity contribution in [1.29, 1.82) is 0 Å². The monoisotopic (exact) mass is 162 g/mol. The van der Waals surface area contributed by atoms with Crippen LogP contribution in [0.2, 0.25) is 19.6 Å². The first-order chi connectivity index (χ1) is 3.95. The molecule has 0 bridgehead atoms. The molecule has 0 atom stereocenters. The van der Waals surface area contributed by atoms with E-state index in [-0.39, 0.29) is 0 Å². The van der Waals surface area contributed by atoms with Crippen LogP contribution in [-0.2, 0) is 0 Å². The summed E-state index contributed by atoms with van der Waals surface area (Å²) in [4.78, 5) is 0. The Hall–Kier alpha value is 0.247. The van der Waals surface area contributed by atoms with Crippen LogP contribution in [0.4, 0.5) is 0 Å². The van der Waals surface area contributed by atoms with Crippen LogP contribution < -0.4 is 0 Å². The van der Waals surface area contributed by atoms with Gasteiger partial charge < -0.3 is 0 Å². The molecule has 0 aromatic heterocycles. The van der Waals surface area contributed by atoms with E-state index in [4.69, 9.17) is 11.6 Å². The average molecular weight is 163 g/mol. The van der Waals surface area contributed by atoms with E-state index in [1.165, 1.54) is 5.57 Å². The molecular weight excluding hydrogens is 148 g/mol. The van der Waals surface area contributed by atoms with Gasteiger partial charge in [-0.1, -0.05) is 30.9 Å². The maximum atomic E-state index is 5.61.